The fraction of sp³-hybridized carbons (Fsp3) is 0.533. The molecule has 3 heteroatoms. The van der Waals surface area contributed by atoms with Crippen LogP contribution >= 0.6 is 0 Å². The van der Waals surface area contributed by atoms with E-state index in [1.807, 2.05) is 18.2 Å². The van der Waals surface area contributed by atoms with E-state index in [0.717, 1.165) is 30.8 Å². The Morgan fingerprint density at radius 2 is 2.17 bits per heavy atom. The van der Waals surface area contributed by atoms with Crippen LogP contribution in [0.25, 0.3) is 0 Å². The third-order valence-electron chi connectivity index (χ3n) is 3.68. The highest BCUT2D eigenvalue weighted by atomic mass is 16.1. The average molecular weight is 246 g/mol. The van der Waals surface area contributed by atoms with Crippen molar-refractivity contribution >= 4 is 11.5 Å². The molecule has 0 aliphatic carbocycles. The molecule has 1 aromatic rings. The van der Waals surface area contributed by atoms with E-state index >= 15 is 0 Å². The number of nitrogens with zero attached hydrogens (tertiary/aromatic N) is 1. The second-order valence-electron chi connectivity index (χ2n) is 5.25. The molecule has 2 unspecified atom stereocenters. The van der Waals surface area contributed by atoms with Gasteiger partial charge in [0.25, 0.3) is 0 Å². The number of carbonyl (C=O) groups is 1. The first-order chi connectivity index (χ1) is 8.58. The highest BCUT2D eigenvalue weighted by molar-refractivity contribution is 5.95. The van der Waals surface area contributed by atoms with E-state index < -0.39 is 0 Å². The number of rotatable bonds is 2. The predicted octanol–water partition coefficient (Wildman–Crippen LogP) is 2.47. The van der Waals surface area contributed by atoms with Gasteiger partial charge in [0.2, 0.25) is 0 Å². The Hall–Kier alpha value is -1.35. The summed E-state index contributed by atoms with van der Waals surface area (Å²) in [5.41, 5.74) is 1.95. The van der Waals surface area contributed by atoms with Crippen LogP contribution in [0.15, 0.2) is 24.3 Å². The summed E-state index contributed by atoms with van der Waals surface area (Å²) >= 11 is 0. The van der Waals surface area contributed by atoms with Crippen molar-refractivity contribution in [3.8, 4) is 0 Å². The van der Waals surface area contributed by atoms with Crippen molar-refractivity contribution in [2.24, 2.45) is 0 Å². The van der Waals surface area contributed by atoms with E-state index in [1.165, 1.54) is 0 Å². The Kier molecular flexibility index (Phi) is 4.02. The maximum atomic E-state index is 11.5. The number of nitrogens with one attached hydrogen (secondary N) is 1. The van der Waals surface area contributed by atoms with Gasteiger partial charge in [0.05, 0.1) is 0 Å². The number of Topliss-reactive ketones (excluding diaryl/α,β-unsaturated/α-hetero) is 1. The van der Waals surface area contributed by atoms with Crippen LogP contribution in [0.5, 0.6) is 0 Å². The molecule has 0 bridgehead atoms. The van der Waals surface area contributed by atoms with Crippen molar-refractivity contribution < 1.29 is 4.79 Å². The maximum Gasteiger partial charge on any atom is 0.159 e. The Morgan fingerprint density at radius 3 is 2.89 bits per heavy atom. The van der Waals surface area contributed by atoms with Gasteiger partial charge in [-0.3, -0.25) is 4.79 Å². The van der Waals surface area contributed by atoms with Crippen LogP contribution in [-0.2, 0) is 0 Å². The molecule has 0 spiro atoms. The summed E-state index contributed by atoms with van der Waals surface area (Å²) in [6, 6.07) is 8.98. The smallest absolute Gasteiger partial charge is 0.159 e. The van der Waals surface area contributed by atoms with Gasteiger partial charge in [0.1, 0.15) is 0 Å². The van der Waals surface area contributed by atoms with Gasteiger partial charge in [-0.1, -0.05) is 12.1 Å². The molecule has 1 saturated heterocycles. The lowest BCUT2D eigenvalue weighted by molar-refractivity contribution is 0.101. The van der Waals surface area contributed by atoms with Crippen LogP contribution in [0.2, 0.25) is 0 Å². The van der Waals surface area contributed by atoms with Crippen LogP contribution < -0.4 is 10.2 Å². The minimum atomic E-state index is 0.130. The first-order valence-electron chi connectivity index (χ1n) is 6.69. The summed E-state index contributed by atoms with van der Waals surface area (Å²) in [5.74, 6) is 0.130. The molecule has 0 saturated carbocycles. The van der Waals surface area contributed by atoms with E-state index in [2.05, 4.69) is 30.1 Å². The normalized spacial score (nSPS) is 24.7. The van der Waals surface area contributed by atoms with Crippen LogP contribution in [0.3, 0.4) is 0 Å². The molecule has 0 radical (unpaired) electrons. The van der Waals surface area contributed by atoms with Gasteiger partial charge >= 0.3 is 0 Å². The fourth-order valence-corrected chi connectivity index (χ4v) is 2.42. The molecule has 98 valence electrons. The van der Waals surface area contributed by atoms with E-state index in [-0.39, 0.29) is 5.78 Å². The lowest BCUT2D eigenvalue weighted by atomic mass is 10.1. The van der Waals surface area contributed by atoms with Gasteiger partial charge in [-0.05, 0) is 39.3 Å². The van der Waals surface area contributed by atoms with Crippen molar-refractivity contribution in [1.82, 2.24) is 5.32 Å². The van der Waals surface area contributed by atoms with Crippen molar-refractivity contribution in [1.29, 1.82) is 0 Å². The van der Waals surface area contributed by atoms with Crippen molar-refractivity contribution in [2.75, 3.05) is 18.0 Å². The standard InChI is InChI=1S/C15H22N2O/c1-11-7-8-17(12(2)10-16-11)15-6-4-5-14(9-15)13(3)18/h4-6,9,11-12,16H,7-8,10H2,1-3H3. The van der Waals surface area contributed by atoms with E-state index in [9.17, 15) is 4.79 Å². The number of hydrogen-bond donors (Lipinski definition) is 1. The molecule has 1 fully saturated rings. The second-order valence-corrected chi connectivity index (χ2v) is 5.25. The van der Waals surface area contributed by atoms with Crippen molar-refractivity contribution in [3.63, 3.8) is 0 Å². The van der Waals surface area contributed by atoms with Crippen molar-refractivity contribution in [2.45, 2.75) is 39.3 Å². The van der Waals surface area contributed by atoms with Gasteiger partial charge in [0.15, 0.2) is 5.78 Å². The molecule has 1 heterocycles. The lowest BCUT2D eigenvalue weighted by Gasteiger charge is -2.29. The molecule has 2 atom stereocenters. The fourth-order valence-electron chi connectivity index (χ4n) is 2.42. The second kappa shape index (κ2) is 5.53. The summed E-state index contributed by atoms with van der Waals surface area (Å²) in [4.78, 5) is 13.8. The highest BCUT2D eigenvalue weighted by Crippen LogP contribution is 2.21. The molecular formula is C15H22N2O. The average Bonchev–Trinajstić information content (AvgIpc) is 2.52. The molecule has 1 aliphatic rings. The number of benzene rings is 1. The number of carbonyl (C=O) groups excluding carboxylic acids is 1. The minimum Gasteiger partial charge on any atom is -0.367 e. The number of ketones is 1. The third-order valence-corrected chi connectivity index (χ3v) is 3.68. The molecular weight excluding hydrogens is 224 g/mol. The summed E-state index contributed by atoms with van der Waals surface area (Å²) in [6.07, 6.45) is 1.13. The predicted molar refractivity (Wildman–Crippen MR) is 75.3 cm³/mol. The summed E-state index contributed by atoms with van der Waals surface area (Å²) < 4.78 is 0. The molecule has 1 aromatic carbocycles. The zero-order valence-electron chi connectivity index (χ0n) is 11.4. The SMILES string of the molecule is CC(=O)c1cccc(N2CCC(C)NCC2C)c1. The molecule has 1 N–H and O–H groups in total. The van der Waals surface area contributed by atoms with E-state index in [1.54, 1.807) is 6.92 Å². The van der Waals surface area contributed by atoms with Crippen LogP contribution in [0.4, 0.5) is 5.69 Å². The zero-order valence-corrected chi connectivity index (χ0v) is 11.4. The Labute approximate surface area is 109 Å². The summed E-state index contributed by atoms with van der Waals surface area (Å²) in [7, 11) is 0. The Morgan fingerprint density at radius 1 is 1.39 bits per heavy atom. The summed E-state index contributed by atoms with van der Waals surface area (Å²) in [6.45, 7) is 8.10. The zero-order chi connectivity index (χ0) is 13.1. The molecule has 0 amide bonds. The van der Waals surface area contributed by atoms with Gasteiger partial charge in [-0.2, -0.15) is 0 Å². The van der Waals surface area contributed by atoms with E-state index in [4.69, 9.17) is 0 Å². The molecule has 2 rings (SSSR count). The minimum absolute atomic E-state index is 0.130. The lowest BCUT2D eigenvalue weighted by Crippen LogP contribution is -2.38. The number of hydrogen-bond acceptors (Lipinski definition) is 3. The Balaban J connectivity index is 2.23. The Bertz CT molecular complexity index is 430. The first kappa shape index (κ1) is 13.1. The molecule has 18 heavy (non-hydrogen) atoms. The molecule has 0 aromatic heterocycles. The highest BCUT2D eigenvalue weighted by Gasteiger charge is 2.20. The monoisotopic (exact) mass is 246 g/mol. The van der Waals surface area contributed by atoms with Crippen LogP contribution in [-0.4, -0.2) is 31.0 Å². The van der Waals surface area contributed by atoms with Crippen molar-refractivity contribution in [3.05, 3.63) is 29.8 Å². The van der Waals surface area contributed by atoms with Gasteiger partial charge in [-0.25, -0.2) is 0 Å². The molecule has 1 aliphatic heterocycles. The van der Waals surface area contributed by atoms with Crippen LogP contribution in [0.1, 0.15) is 37.6 Å². The molecule has 3 nitrogen and oxygen atoms in total. The quantitative estimate of drug-likeness (QED) is 0.814. The largest absolute Gasteiger partial charge is 0.367 e. The maximum absolute atomic E-state index is 11.5. The van der Waals surface area contributed by atoms with E-state index in [0.29, 0.717) is 12.1 Å². The van der Waals surface area contributed by atoms with Gasteiger partial charge in [-0.15, -0.1) is 0 Å². The van der Waals surface area contributed by atoms with Gasteiger partial charge < -0.3 is 10.2 Å². The first-order valence-corrected chi connectivity index (χ1v) is 6.69. The van der Waals surface area contributed by atoms with Gasteiger partial charge in [0, 0.05) is 36.4 Å². The third kappa shape index (κ3) is 2.91. The number of anilines is 1. The van der Waals surface area contributed by atoms with Crippen LogP contribution in [0, 0.1) is 0 Å². The topological polar surface area (TPSA) is 32.3 Å². The summed E-state index contributed by atoms with van der Waals surface area (Å²) in [5, 5.41) is 3.52.